The highest BCUT2D eigenvalue weighted by Gasteiger charge is 2.04. The molecule has 3 rings (SSSR count). The molecule has 0 amide bonds. The first kappa shape index (κ1) is 21.4. The fraction of sp³-hybridized carbons (Fsp3) is 0.450. The van der Waals surface area contributed by atoms with Gasteiger partial charge in [-0.1, -0.05) is 35.9 Å². The van der Waals surface area contributed by atoms with E-state index in [9.17, 15) is 0 Å². The Kier molecular flexibility index (Phi) is 9.30. The fourth-order valence-corrected chi connectivity index (χ4v) is 3.22. The van der Waals surface area contributed by atoms with Crippen LogP contribution in [0.4, 0.5) is 0 Å². The lowest BCUT2D eigenvalue weighted by molar-refractivity contribution is 0.665. The van der Waals surface area contributed by atoms with Gasteiger partial charge in [0.2, 0.25) is 0 Å². The van der Waals surface area contributed by atoms with Crippen molar-refractivity contribution in [3.8, 4) is 0 Å². The molecule has 1 aromatic carbocycles. The zero-order valence-corrected chi connectivity index (χ0v) is 18.2. The third kappa shape index (κ3) is 7.32. The average molecular weight is 480 g/mol. The van der Waals surface area contributed by atoms with Crippen molar-refractivity contribution in [2.45, 2.75) is 45.2 Å². The van der Waals surface area contributed by atoms with Gasteiger partial charge in [0.25, 0.3) is 0 Å². The van der Waals surface area contributed by atoms with E-state index in [4.69, 9.17) is 0 Å². The molecule has 6 nitrogen and oxygen atoms in total. The second kappa shape index (κ2) is 11.7. The van der Waals surface area contributed by atoms with E-state index in [0.717, 1.165) is 32.0 Å². The molecule has 2 N–H and O–H groups in total. The van der Waals surface area contributed by atoms with E-state index < -0.39 is 0 Å². The van der Waals surface area contributed by atoms with Gasteiger partial charge in [-0.2, -0.15) is 5.10 Å². The second-order valence-corrected chi connectivity index (χ2v) is 6.62. The summed E-state index contributed by atoms with van der Waals surface area (Å²) in [6.07, 6.45) is 12.0. The summed E-state index contributed by atoms with van der Waals surface area (Å²) in [6, 6.07) is 8.50. The number of allylic oxidation sites excluding steroid dienone is 1. The van der Waals surface area contributed by atoms with Gasteiger partial charge >= 0.3 is 0 Å². The number of hydrogen-bond donors (Lipinski definition) is 2. The van der Waals surface area contributed by atoms with Crippen molar-refractivity contribution in [1.29, 1.82) is 0 Å². The molecular formula is C20H29IN6. The number of guanidine groups is 1. The second-order valence-electron chi connectivity index (χ2n) is 6.62. The Bertz CT molecular complexity index is 739. The van der Waals surface area contributed by atoms with Crippen LogP contribution in [-0.2, 0) is 13.1 Å². The first-order valence-electron chi connectivity index (χ1n) is 9.36. The van der Waals surface area contributed by atoms with Crippen molar-refractivity contribution in [3.05, 3.63) is 59.7 Å². The van der Waals surface area contributed by atoms with Crippen molar-refractivity contribution in [1.82, 2.24) is 25.4 Å². The Morgan fingerprint density at radius 3 is 2.85 bits per heavy atom. The van der Waals surface area contributed by atoms with Gasteiger partial charge in [-0.05, 0) is 43.2 Å². The summed E-state index contributed by atoms with van der Waals surface area (Å²) in [7, 11) is 1.82. The SMILES string of the molecule is CN=C(NCCC1=CCCCC1)NCc1cccc(Cn2cncn2)c1.I. The molecular weight excluding hydrogens is 451 g/mol. The summed E-state index contributed by atoms with van der Waals surface area (Å²) in [5.74, 6) is 0.850. The molecule has 0 unspecified atom stereocenters. The van der Waals surface area contributed by atoms with Gasteiger partial charge in [0.05, 0.1) is 6.54 Å². The van der Waals surface area contributed by atoms with Crippen LogP contribution in [0.15, 0.2) is 53.6 Å². The van der Waals surface area contributed by atoms with Crippen LogP contribution in [0, 0.1) is 0 Å². The summed E-state index contributed by atoms with van der Waals surface area (Å²) in [6.45, 7) is 2.40. The van der Waals surface area contributed by atoms with Crippen LogP contribution in [-0.4, -0.2) is 34.3 Å². The molecule has 0 atom stereocenters. The van der Waals surface area contributed by atoms with Gasteiger partial charge in [-0.15, -0.1) is 24.0 Å². The lowest BCUT2D eigenvalue weighted by atomic mass is 9.97. The minimum atomic E-state index is 0. The van der Waals surface area contributed by atoms with Crippen LogP contribution in [0.5, 0.6) is 0 Å². The van der Waals surface area contributed by atoms with E-state index in [1.807, 2.05) is 11.7 Å². The number of halogens is 1. The summed E-state index contributed by atoms with van der Waals surface area (Å²) in [4.78, 5) is 8.31. The first-order chi connectivity index (χ1) is 12.8. The van der Waals surface area contributed by atoms with Crippen molar-refractivity contribution < 1.29 is 0 Å². The number of hydrogen-bond acceptors (Lipinski definition) is 3. The van der Waals surface area contributed by atoms with E-state index in [0.29, 0.717) is 0 Å². The fourth-order valence-electron chi connectivity index (χ4n) is 3.22. The maximum atomic E-state index is 4.32. The van der Waals surface area contributed by atoms with Gasteiger partial charge < -0.3 is 10.6 Å². The van der Waals surface area contributed by atoms with Gasteiger partial charge in [-0.3, -0.25) is 4.99 Å². The Morgan fingerprint density at radius 2 is 2.11 bits per heavy atom. The van der Waals surface area contributed by atoms with E-state index in [1.165, 1.54) is 36.8 Å². The monoisotopic (exact) mass is 480 g/mol. The lowest BCUT2D eigenvalue weighted by Crippen LogP contribution is -2.37. The molecule has 0 saturated heterocycles. The van der Waals surface area contributed by atoms with Gasteiger partial charge in [-0.25, -0.2) is 9.67 Å². The predicted molar refractivity (Wildman–Crippen MR) is 120 cm³/mol. The maximum absolute atomic E-state index is 4.32. The van der Waals surface area contributed by atoms with Crippen LogP contribution in [0.1, 0.15) is 43.2 Å². The predicted octanol–water partition coefficient (Wildman–Crippen LogP) is 3.50. The van der Waals surface area contributed by atoms with Crippen molar-refractivity contribution in [2.24, 2.45) is 4.99 Å². The molecule has 0 spiro atoms. The summed E-state index contributed by atoms with van der Waals surface area (Å²) < 4.78 is 1.83. The lowest BCUT2D eigenvalue weighted by Gasteiger charge is -2.15. The third-order valence-electron chi connectivity index (χ3n) is 4.61. The highest BCUT2D eigenvalue weighted by atomic mass is 127. The standard InChI is InChI=1S/C20H28N6.HI/c1-21-20(23-11-10-17-6-3-2-4-7-17)24-13-18-8-5-9-19(12-18)14-26-16-22-15-25-26;/h5-6,8-9,12,15-16H,2-4,7,10-11,13-14H2,1H3,(H2,21,23,24);1H. The van der Waals surface area contributed by atoms with Crippen molar-refractivity contribution in [2.75, 3.05) is 13.6 Å². The molecule has 1 aliphatic carbocycles. The molecule has 146 valence electrons. The van der Waals surface area contributed by atoms with Gasteiger partial charge in [0.15, 0.2) is 5.96 Å². The van der Waals surface area contributed by atoms with Crippen LogP contribution >= 0.6 is 24.0 Å². The smallest absolute Gasteiger partial charge is 0.191 e. The third-order valence-corrected chi connectivity index (χ3v) is 4.61. The molecule has 0 saturated carbocycles. The van der Waals surface area contributed by atoms with Crippen LogP contribution in [0.25, 0.3) is 0 Å². The number of aromatic nitrogens is 3. The molecule has 0 bridgehead atoms. The Morgan fingerprint density at radius 1 is 1.22 bits per heavy atom. The van der Waals surface area contributed by atoms with E-state index in [2.05, 4.69) is 56.1 Å². The normalized spacial score (nSPS) is 14.3. The topological polar surface area (TPSA) is 67.1 Å². The minimum Gasteiger partial charge on any atom is -0.356 e. The molecule has 1 heterocycles. The Balaban J connectivity index is 0.00000261. The number of rotatable bonds is 7. The number of nitrogens with one attached hydrogen (secondary N) is 2. The van der Waals surface area contributed by atoms with E-state index in [1.54, 1.807) is 18.2 Å². The summed E-state index contributed by atoms with van der Waals surface area (Å²) >= 11 is 0. The molecule has 1 aromatic heterocycles. The number of benzene rings is 1. The molecule has 0 aliphatic heterocycles. The zero-order valence-electron chi connectivity index (χ0n) is 15.9. The van der Waals surface area contributed by atoms with Crippen LogP contribution in [0.2, 0.25) is 0 Å². The highest BCUT2D eigenvalue weighted by Crippen LogP contribution is 2.19. The molecule has 0 fully saturated rings. The molecule has 1 aliphatic rings. The molecule has 0 radical (unpaired) electrons. The van der Waals surface area contributed by atoms with E-state index >= 15 is 0 Å². The molecule has 27 heavy (non-hydrogen) atoms. The number of aliphatic imine (C=N–C) groups is 1. The first-order valence-corrected chi connectivity index (χ1v) is 9.36. The maximum Gasteiger partial charge on any atom is 0.191 e. The Labute approximate surface area is 178 Å². The van der Waals surface area contributed by atoms with Crippen molar-refractivity contribution in [3.63, 3.8) is 0 Å². The van der Waals surface area contributed by atoms with Gasteiger partial charge in [0.1, 0.15) is 12.7 Å². The Hall–Kier alpha value is -1.90. The molecule has 2 aromatic rings. The van der Waals surface area contributed by atoms with E-state index in [-0.39, 0.29) is 24.0 Å². The quantitative estimate of drug-likeness (QED) is 0.276. The average Bonchev–Trinajstić information content (AvgIpc) is 3.18. The summed E-state index contributed by atoms with van der Waals surface area (Å²) in [5, 5.41) is 11.0. The minimum absolute atomic E-state index is 0. The largest absolute Gasteiger partial charge is 0.356 e. The molecule has 7 heteroatoms. The van der Waals surface area contributed by atoms with Crippen molar-refractivity contribution >= 4 is 29.9 Å². The van der Waals surface area contributed by atoms with Crippen LogP contribution < -0.4 is 10.6 Å². The number of nitrogens with zero attached hydrogens (tertiary/aromatic N) is 4. The zero-order chi connectivity index (χ0) is 18.0. The van der Waals surface area contributed by atoms with Gasteiger partial charge in [0, 0.05) is 20.1 Å². The highest BCUT2D eigenvalue weighted by molar-refractivity contribution is 14.0. The summed E-state index contributed by atoms with van der Waals surface area (Å²) in [5.41, 5.74) is 4.02. The van der Waals surface area contributed by atoms with Crippen LogP contribution in [0.3, 0.4) is 0 Å².